The van der Waals surface area contributed by atoms with Gasteiger partial charge in [0.2, 0.25) is 0 Å². The van der Waals surface area contributed by atoms with E-state index < -0.39 is 0 Å². The SMILES string of the molecule is CC1C(CO)C(C)C2CC1C2(C)C. The zero-order valence-corrected chi connectivity index (χ0v) is 9.25. The van der Waals surface area contributed by atoms with E-state index >= 15 is 0 Å². The Morgan fingerprint density at radius 1 is 1.15 bits per heavy atom. The Bertz CT molecular complexity index is 187. The number of rotatable bonds is 1. The smallest absolute Gasteiger partial charge is 0.0464 e. The Labute approximate surface area is 81.5 Å². The van der Waals surface area contributed by atoms with Gasteiger partial charge in [-0.3, -0.25) is 0 Å². The van der Waals surface area contributed by atoms with Crippen LogP contribution in [0, 0.1) is 35.0 Å². The van der Waals surface area contributed by atoms with Gasteiger partial charge >= 0.3 is 0 Å². The van der Waals surface area contributed by atoms with Crippen LogP contribution < -0.4 is 0 Å². The van der Waals surface area contributed by atoms with Crippen LogP contribution in [0.5, 0.6) is 0 Å². The summed E-state index contributed by atoms with van der Waals surface area (Å²) in [5, 5.41) is 9.34. The molecule has 1 nitrogen and oxygen atoms in total. The van der Waals surface area contributed by atoms with Gasteiger partial charge in [-0.05, 0) is 41.4 Å². The summed E-state index contributed by atoms with van der Waals surface area (Å²) in [5.41, 5.74) is 0.546. The third-order valence-corrected chi connectivity index (χ3v) is 5.25. The zero-order valence-electron chi connectivity index (χ0n) is 9.25. The van der Waals surface area contributed by atoms with E-state index in [-0.39, 0.29) is 0 Å². The molecule has 0 aromatic carbocycles. The first kappa shape index (κ1) is 9.51. The van der Waals surface area contributed by atoms with Crippen molar-refractivity contribution in [3.05, 3.63) is 0 Å². The third-order valence-electron chi connectivity index (χ3n) is 5.25. The van der Waals surface area contributed by atoms with Gasteiger partial charge < -0.3 is 5.11 Å². The predicted octanol–water partition coefficient (Wildman–Crippen LogP) is 2.54. The van der Waals surface area contributed by atoms with Gasteiger partial charge in [0.05, 0.1) is 0 Å². The molecule has 1 N–H and O–H groups in total. The maximum atomic E-state index is 9.34. The number of hydrogen-bond acceptors (Lipinski definition) is 1. The Kier molecular flexibility index (Phi) is 1.99. The summed E-state index contributed by atoms with van der Waals surface area (Å²) < 4.78 is 0. The number of hydrogen-bond donors (Lipinski definition) is 1. The second-order valence-electron chi connectivity index (χ2n) is 5.83. The van der Waals surface area contributed by atoms with Crippen LogP contribution in [0.3, 0.4) is 0 Å². The van der Waals surface area contributed by atoms with Crippen LogP contribution in [-0.4, -0.2) is 11.7 Å². The molecule has 13 heavy (non-hydrogen) atoms. The van der Waals surface area contributed by atoms with Crippen molar-refractivity contribution < 1.29 is 5.11 Å². The second kappa shape index (κ2) is 2.73. The standard InChI is InChI=1S/C12H22O/c1-7-9(6-13)8(2)11-5-10(7)12(11,3)4/h7-11,13H,5-6H2,1-4H3. The average Bonchev–Trinajstić information content (AvgIpc) is 2.02. The molecule has 0 radical (unpaired) electrons. The molecule has 0 saturated heterocycles. The molecular formula is C12H22O. The minimum atomic E-state index is 0.394. The summed E-state index contributed by atoms with van der Waals surface area (Å²) in [6.45, 7) is 9.88. The molecule has 3 rings (SSSR count). The molecule has 2 bridgehead atoms. The van der Waals surface area contributed by atoms with Crippen molar-refractivity contribution in [1.29, 1.82) is 0 Å². The molecule has 1 heteroatoms. The number of aliphatic hydroxyl groups excluding tert-OH is 1. The van der Waals surface area contributed by atoms with E-state index in [1.165, 1.54) is 6.42 Å². The Hall–Kier alpha value is -0.0400. The summed E-state index contributed by atoms with van der Waals surface area (Å²) in [5.74, 6) is 3.74. The highest BCUT2D eigenvalue weighted by Gasteiger charge is 2.59. The molecule has 3 aliphatic rings. The summed E-state index contributed by atoms with van der Waals surface area (Å²) in [7, 11) is 0. The van der Waals surface area contributed by atoms with Gasteiger partial charge in [-0.2, -0.15) is 0 Å². The van der Waals surface area contributed by atoms with Crippen molar-refractivity contribution in [3.63, 3.8) is 0 Å². The molecule has 3 fully saturated rings. The van der Waals surface area contributed by atoms with E-state index in [0.717, 1.165) is 23.7 Å². The summed E-state index contributed by atoms with van der Waals surface area (Å²) in [6, 6.07) is 0. The van der Waals surface area contributed by atoms with Gasteiger partial charge in [0.15, 0.2) is 0 Å². The number of fused-ring (bicyclic) bond motifs is 2. The molecule has 0 heterocycles. The van der Waals surface area contributed by atoms with Crippen molar-refractivity contribution in [2.24, 2.45) is 35.0 Å². The lowest BCUT2D eigenvalue weighted by molar-refractivity contribution is -0.172. The molecule has 0 aliphatic heterocycles. The van der Waals surface area contributed by atoms with Crippen LogP contribution in [-0.2, 0) is 0 Å². The fourth-order valence-corrected chi connectivity index (χ4v) is 4.19. The third kappa shape index (κ3) is 1.03. The van der Waals surface area contributed by atoms with E-state index in [1.54, 1.807) is 0 Å². The molecule has 0 spiro atoms. The molecule has 3 aliphatic carbocycles. The van der Waals surface area contributed by atoms with Gasteiger partial charge in [0, 0.05) is 6.61 Å². The quantitative estimate of drug-likeness (QED) is 0.660. The maximum absolute atomic E-state index is 9.34. The van der Waals surface area contributed by atoms with Crippen molar-refractivity contribution in [2.45, 2.75) is 34.1 Å². The molecule has 0 aromatic rings. The molecule has 3 saturated carbocycles. The van der Waals surface area contributed by atoms with Crippen molar-refractivity contribution in [1.82, 2.24) is 0 Å². The van der Waals surface area contributed by atoms with Crippen LogP contribution in [0.1, 0.15) is 34.1 Å². The zero-order chi connectivity index (χ0) is 9.80. The molecular weight excluding hydrogens is 160 g/mol. The van der Waals surface area contributed by atoms with Gasteiger partial charge in [-0.25, -0.2) is 0 Å². The van der Waals surface area contributed by atoms with Crippen molar-refractivity contribution >= 4 is 0 Å². The van der Waals surface area contributed by atoms with Crippen LogP contribution in [0.2, 0.25) is 0 Å². The van der Waals surface area contributed by atoms with Crippen molar-refractivity contribution in [2.75, 3.05) is 6.61 Å². The van der Waals surface area contributed by atoms with Crippen molar-refractivity contribution in [3.8, 4) is 0 Å². The highest BCUT2D eigenvalue weighted by atomic mass is 16.3. The van der Waals surface area contributed by atoms with E-state index in [1.807, 2.05) is 0 Å². The highest BCUT2D eigenvalue weighted by Crippen LogP contribution is 2.64. The van der Waals surface area contributed by atoms with Gasteiger partial charge in [0.1, 0.15) is 0 Å². The van der Waals surface area contributed by atoms with Crippen LogP contribution >= 0.6 is 0 Å². The van der Waals surface area contributed by atoms with E-state index in [9.17, 15) is 5.11 Å². The largest absolute Gasteiger partial charge is 0.396 e. The summed E-state index contributed by atoms with van der Waals surface area (Å²) in [4.78, 5) is 0. The minimum Gasteiger partial charge on any atom is -0.396 e. The molecule has 4 unspecified atom stereocenters. The first-order valence-electron chi connectivity index (χ1n) is 5.61. The van der Waals surface area contributed by atoms with Crippen LogP contribution in [0.4, 0.5) is 0 Å². The number of aliphatic hydroxyl groups is 1. The summed E-state index contributed by atoms with van der Waals surface area (Å²) >= 11 is 0. The molecule has 4 atom stereocenters. The van der Waals surface area contributed by atoms with E-state index in [2.05, 4.69) is 27.7 Å². The lowest BCUT2D eigenvalue weighted by Crippen LogP contribution is -2.59. The Balaban J connectivity index is 2.21. The first-order valence-corrected chi connectivity index (χ1v) is 5.61. The monoisotopic (exact) mass is 182 g/mol. The fraction of sp³-hybridized carbons (Fsp3) is 1.00. The molecule has 76 valence electrons. The first-order chi connectivity index (χ1) is 6.00. The van der Waals surface area contributed by atoms with Gasteiger partial charge in [0.25, 0.3) is 0 Å². The van der Waals surface area contributed by atoms with E-state index in [4.69, 9.17) is 0 Å². The second-order valence-corrected chi connectivity index (χ2v) is 5.83. The Morgan fingerprint density at radius 2 is 1.62 bits per heavy atom. The van der Waals surface area contributed by atoms with Crippen LogP contribution in [0.15, 0.2) is 0 Å². The lowest BCUT2D eigenvalue weighted by Gasteiger charge is -2.65. The minimum absolute atomic E-state index is 0.394. The topological polar surface area (TPSA) is 20.2 Å². The average molecular weight is 182 g/mol. The van der Waals surface area contributed by atoms with Gasteiger partial charge in [-0.15, -0.1) is 0 Å². The van der Waals surface area contributed by atoms with E-state index in [0.29, 0.717) is 17.9 Å². The fourth-order valence-electron chi connectivity index (χ4n) is 4.19. The van der Waals surface area contributed by atoms with Gasteiger partial charge in [-0.1, -0.05) is 27.7 Å². The Morgan fingerprint density at radius 3 is 1.92 bits per heavy atom. The van der Waals surface area contributed by atoms with Crippen LogP contribution in [0.25, 0.3) is 0 Å². The lowest BCUT2D eigenvalue weighted by atomic mass is 9.40. The summed E-state index contributed by atoms with van der Waals surface area (Å²) in [6.07, 6.45) is 1.41. The normalized spacial score (nSPS) is 52.8. The molecule has 0 aromatic heterocycles. The maximum Gasteiger partial charge on any atom is 0.0464 e. The highest BCUT2D eigenvalue weighted by molar-refractivity contribution is 5.07. The predicted molar refractivity (Wildman–Crippen MR) is 54.3 cm³/mol. The molecule has 0 amide bonds.